The van der Waals surface area contributed by atoms with Crippen LogP contribution in [0.1, 0.15) is 31.5 Å². The van der Waals surface area contributed by atoms with Gasteiger partial charge in [-0.15, -0.1) is 12.4 Å². The van der Waals surface area contributed by atoms with Gasteiger partial charge in [0.2, 0.25) is 0 Å². The highest BCUT2D eigenvalue weighted by molar-refractivity contribution is 5.85. The maximum Gasteiger partial charge on any atom is 0.333 e. The summed E-state index contributed by atoms with van der Waals surface area (Å²) in [6, 6.07) is 1.69. The molecule has 0 radical (unpaired) electrons. The molecule has 3 rings (SSSR count). The molecule has 4 nitrogen and oxygen atoms in total. The number of aromatic nitrogens is 2. The molecule has 1 spiro atoms. The summed E-state index contributed by atoms with van der Waals surface area (Å²) in [6.45, 7) is 2.50. The molecule has 0 aliphatic carbocycles. The van der Waals surface area contributed by atoms with E-state index in [1.165, 1.54) is 25.5 Å². The zero-order valence-corrected chi connectivity index (χ0v) is 12.2. The predicted octanol–water partition coefficient (Wildman–Crippen LogP) is 2.28. The normalized spacial score (nSPS) is 22.4. The third kappa shape index (κ3) is 3.30. The maximum atomic E-state index is 12.5. The van der Waals surface area contributed by atoms with Gasteiger partial charge in [-0.25, -0.2) is 4.68 Å². The van der Waals surface area contributed by atoms with Gasteiger partial charge in [-0.3, -0.25) is 4.90 Å². The van der Waals surface area contributed by atoms with Gasteiger partial charge in [-0.2, -0.15) is 13.9 Å². The number of nitrogens with zero attached hydrogens (tertiary/aromatic N) is 3. The molecule has 20 heavy (non-hydrogen) atoms. The minimum absolute atomic E-state index is 0. The highest BCUT2D eigenvalue weighted by atomic mass is 35.5. The molecule has 2 aliphatic rings. The molecule has 0 saturated carbocycles. The number of hydrogen-bond donors (Lipinski definition) is 1. The molecular formula is C13H21ClF2N4. The molecule has 0 bridgehead atoms. The molecular weight excluding hydrogens is 286 g/mol. The summed E-state index contributed by atoms with van der Waals surface area (Å²) in [6.07, 6.45) is 5.05. The molecule has 114 valence electrons. The lowest BCUT2D eigenvalue weighted by molar-refractivity contribution is 0.0558. The van der Waals surface area contributed by atoms with Gasteiger partial charge in [0.05, 0.1) is 5.69 Å². The third-order valence-electron chi connectivity index (χ3n) is 4.43. The summed E-state index contributed by atoms with van der Waals surface area (Å²) in [5, 5.41) is 7.32. The predicted molar refractivity (Wildman–Crippen MR) is 75.2 cm³/mol. The van der Waals surface area contributed by atoms with E-state index in [2.05, 4.69) is 15.3 Å². The van der Waals surface area contributed by atoms with Crippen molar-refractivity contribution in [3.8, 4) is 0 Å². The lowest BCUT2D eigenvalue weighted by Crippen LogP contribution is -2.38. The number of piperidine rings is 1. The van der Waals surface area contributed by atoms with Crippen molar-refractivity contribution in [1.82, 2.24) is 20.0 Å². The van der Waals surface area contributed by atoms with Crippen molar-refractivity contribution in [3.63, 3.8) is 0 Å². The fraction of sp³-hybridized carbons (Fsp3) is 0.769. The van der Waals surface area contributed by atoms with Gasteiger partial charge >= 0.3 is 6.55 Å². The van der Waals surface area contributed by atoms with E-state index in [4.69, 9.17) is 0 Å². The first-order valence-electron chi connectivity index (χ1n) is 6.92. The topological polar surface area (TPSA) is 33.1 Å². The fourth-order valence-corrected chi connectivity index (χ4v) is 3.33. The number of hydrogen-bond acceptors (Lipinski definition) is 3. The molecule has 1 aromatic heterocycles. The van der Waals surface area contributed by atoms with Crippen LogP contribution in [0.5, 0.6) is 0 Å². The Bertz CT molecular complexity index is 432. The summed E-state index contributed by atoms with van der Waals surface area (Å²) in [5.74, 6) is 0. The summed E-state index contributed by atoms with van der Waals surface area (Å²) in [7, 11) is 0. The SMILES string of the molecule is Cl.FC(F)n1ccc(CN2CCC3(CCNCC3)C2)n1. The van der Waals surface area contributed by atoms with E-state index in [1.54, 1.807) is 6.07 Å². The van der Waals surface area contributed by atoms with Crippen LogP contribution in [0.25, 0.3) is 0 Å². The Labute approximate surface area is 123 Å². The fourth-order valence-electron chi connectivity index (χ4n) is 3.33. The molecule has 2 fully saturated rings. The zero-order chi connectivity index (χ0) is 13.3. The highest BCUT2D eigenvalue weighted by Gasteiger charge is 2.38. The van der Waals surface area contributed by atoms with Crippen LogP contribution in [-0.2, 0) is 6.54 Å². The molecule has 2 aliphatic heterocycles. The lowest BCUT2D eigenvalue weighted by Gasteiger charge is -2.33. The molecule has 1 N–H and O–H groups in total. The van der Waals surface area contributed by atoms with E-state index >= 15 is 0 Å². The third-order valence-corrected chi connectivity index (χ3v) is 4.43. The Balaban J connectivity index is 0.00000147. The number of rotatable bonds is 3. The van der Waals surface area contributed by atoms with Crippen molar-refractivity contribution in [2.75, 3.05) is 26.2 Å². The monoisotopic (exact) mass is 306 g/mol. The van der Waals surface area contributed by atoms with Gasteiger partial charge in [0.25, 0.3) is 0 Å². The van der Waals surface area contributed by atoms with Gasteiger partial charge in [-0.05, 0) is 50.4 Å². The minimum Gasteiger partial charge on any atom is -0.317 e. The van der Waals surface area contributed by atoms with Crippen LogP contribution >= 0.6 is 12.4 Å². The van der Waals surface area contributed by atoms with Crippen LogP contribution in [0.3, 0.4) is 0 Å². The van der Waals surface area contributed by atoms with E-state index in [1.807, 2.05) is 0 Å². The van der Waals surface area contributed by atoms with E-state index < -0.39 is 6.55 Å². The summed E-state index contributed by atoms with van der Waals surface area (Å²) >= 11 is 0. The quantitative estimate of drug-likeness (QED) is 0.930. The van der Waals surface area contributed by atoms with Gasteiger partial charge in [0, 0.05) is 19.3 Å². The van der Waals surface area contributed by atoms with E-state index in [9.17, 15) is 8.78 Å². The number of nitrogens with one attached hydrogen (secondary N) is 1. The Kier molecular flexibility index (Phi) is 4.99. The number of alkyl halides is 2. The standard InChI is InChI=1S/C13H20F2N4.ClH/c14-12(15)19-7-1-11(17-19)9-18-8-4-13(10-18)2-5-16-6-3-13;/h1,7,12,16H,2-6,8-10H2;1H. The van der Waals surface area contributed by atoms with Crippen molar-refractivity contribution in [2.45, 2.75) is 32.4 Å². The number of halogens is 3. The molecule has 1 aromatic rings. The van der Waals surface area contributed by atoms with Crippen molar-refractivity contribution >= 4 is 12.4 Å². The maximum absolute atomic E-state index is 12.5. The molecule has 0 atom stereocenters. The largest absolute Gasteiger partial charge is 0.333 e. The Morgan fingerprint density at radius 3 is 2.70 bits per heavy atom. The first kappa shape index (κ1) is 15.7. The second-order valence-corrected chi connectivity index (χ2v) is 5.78. The summed E-state index contributed by atoms with van der Waals surface area (Å²) < 4.78 is 25.6. The Morgan fingerprint density at radius 2 is 2.05 bits per heavy atom. The first-order valence-corrected chi connectivity index (χ1v) is 6.92. The zero-order valence-electron chi connectivity index (χ0n) is 11.4. The highest BCUT2D eigenvalue weighted by Crippen LogP contribution is 2.38. The average Bonchev–Trinajstić information content (AvgIpc) is 2.99. The summed E-state index contributed by atoms with van der Waals surface area (Å²) in [5.41, 5.74) is 1.20. The van der Waals surface area contributed by atoms with Crippen molar-refractivity contribution in [3.05, 3.63) is 18.0 Å². The smallest absolute Gasteiger partial charge is 0.317 e. The molecule has 2 saturated heterocycles. The van der Waals surface area contributed by atoms with Gasteiger partial charge in [0.15, 0.2) is 0 Å². The van der Waals surface area contributed by atoms with E-state index in [0.29, 0.717) is 12.0 Å². The molecule has 3 heterocycles. The average molecular weight is 307 g/mol. The van der Waals surface area contributed by atoms with Crippen LogP contribution in [-0.4, -0.2) is 40.9 Å². The second kappa shape index (κ2) is 6.37. The van der Waals surface area contributed by atoms with Gasteiger partial charge in [-0.1, -0.05) is 0 Å². The second-order valence-electron chi connectivity index (χ2n) is 5.78. The van der Waals surface area contributed by atoms with Crippen LogP contribution in [0.15, 0.2) is 12.3 Å². The molecule has 0 amide bonds. The van der Waals surface area contributed by atoms with Gasteiger partial charge < -0.3 is 5.32 Å². The lowest BCUT2D eigenvalue weighted by atomic mass is 9.78. The van der Waals surface area contributed by atoms with Crippen molar-refractivity contribution < 1.29 is 8.78 Å². The van der Waals surface area contributed by atoms with Gasteiger partial charge in [0.1, 0.15) is 0 Å². The molecule has 0 unspecified atom stereocenters. The minimum atomic E-state index is -2.54. The van der Waals surface area contributed by atoms with Crippen LogP contribution in [0.4, 0.5) is 8.78 Å². The summed E-state index contributed by atoms with van der Waals surface area (Å²) in [4.78, 5) is 2.35. The van der Waals surface area contributed by atoms with Crippen molar-refractivity contribution in [1.29, 1.82) is 0 Å². The first-order chi connectivity index (χ1) is 9.17. The van der Waals surface area contributed by atoms with Crippen molar-refractivity contribution in [2.24, 2.45) is 5.41 Å². The Morgan fingerprint density at radius 1 is 1.30 bits per heavy atom. The molecule has 7 heteroatoms. The van der Waals surface area contributed by atoms with E-state index in [0.717, 1.165) is 36.6 Å². The Hall–Kier alpha value is -0.720. The molecule has 0 aromatic carbocycles. The number of likely N-dealkylation sites (tertiary alicyclic amines) is 1. The van der Waals surface area contributed by atoms with Crippen LogP contribution < -0.4 is 5.32 Å². The van der Waals surface area contributed by atoms with E-state index in [-0.39, 0.29) is 12.4 Å². The van der Waals surface area contributed by atoms with Crippen LogP contribution in [0, 0.1) is 5.41 Å². The van der Waals surface area contributed by atoms with Crippen LogP contribution in [0.2, 0.25) is 0 Å².